The lowest BCUT2D eigenvalue weighted by Gasteiger charge is -2.70. The standard InChI is InChI=1S/C32H54O4/c1-20(33)35-28(4,5)26-15-19-32(9,36-26)22-12-17-30(7)21(22)10-11-24-29(6)16-14-25(34)27(2,3)23(29)13-18-31(24,30)8/h21-26,34H,10-19H2,1-9H3. The molecule has 0 aromatic heterocycles. The average Bonchev–Trinajstić information content (AvgIpc) is 3.33. The number of carbonyl (C=O) groups excluding carboxylic acids is 1. The minimum absolute atomic E-state index is 0.0131. The Bertz CT molecular complexity index is 895. The van der Waals surface area contributed by atoms with Crippen LogP contribution in [0.3, 0.4) is 0 Å². The Morgan fingerprint density at radius 1 is 0.806 bits per heavy atom. The molecule has 10 atom stereocenters. The molecule has 4 saturated carbocycles. The van der Waals surface area contributed by atoms with Gasteiger partial charge in [-0.3, -0.25) is 4.79 Å². The largest absolute Gasteiger partial charge is 0.457 e. The molecule has 4 nitrogen and oxygen atoms in total. The molecule has 0 amide bonds. The van der Waals surface area contributed by atoms with E-state index >= 15 is 0 Å². The second-order valence-corrected chi connectivity index (χ2v) is 15.8. The van der Waals surface area contributed by atoms with Gasteiger partial charge in [0.1, 0.15) is 5.60 Å². The third-order valence-electron chi connectivity index (χ3n) is 13.7. The first kappa shape index (κ1) is 27.0. The lowest BCUT2D eigenvalue weighted by Crippen LogP contribution is -2.64. The highest BCUT2D eigenvalue weighted by Gasteiger charge is 2.70. The summed E-state index contributed by atoms with van der Waals surface area (Å²) in [4.78, 5) is 11.7. The summed E-state index contributed by atoms with van der Waals surface area (Å²) >= 11 is 0. The number of hydrogen-bond donors (Lipinski definition) is 1. The Labute approximate surface area is 220 Å². The summed E-state index contributed by atoms with van der Waals surface area (Å²) in [6.07, 6.45) is 11.7. The van der Waals surface area contributed by atoms with Crippen molar-refractivity contribution in [2.75, 3.05) is 0 Å². The van der Waals surface area contributed by atoms with Crippen LogP contribution in [0.15, 0.2) is 0 Å². The smallest absolute Gasteiger partial charge is 0.303 e. The highest BCUT2D eigenvalue weighted by Crippen LogP contribution is 2.76. The fraction of sp³-hybridized carbons (Fsp3) is 0.969. The van der Waals surface area contributed by atoms with Crippen molar-refractivity contribution in [1.82, 2.24) is 0 Å². The number of ether oxygens (including phenoxy) is 2. The SMILES string of the molecule is CC(=O)OC(C)(C)C1CCC(C)(C2CCC3(C)C2CCC2C4(C)CCC(O)C(C)(C)C4CCC23C)O1. The fourth-order valence-corrected chi connectivity index (χ4v) is 11.5. The second-order valence-electron chi connectivity index (χ2n) is 15.8. The summed E-state index contributed by atoms with van der Waals surface area (Å²) in [6, 6.07) is 0. The molecule has 0 aromatic carbocycles. The fourth-order valence-electron chi connectivity index (χ4n) is 11.5. The molecule has 1 N–H and O–H groups in total. The quantitative estimate of drug-likeness (QED) is 0.411. The summed E-state index contributed by atoms with van der Waals surface area (Å²) in [5, 5.41) is 10.9. The van der Waals surface area contributed by atoms with Crippen molar-refractivity contribution in [1.29, 1.82) is 0 Å². The van der Waals surface area contributed by atoms with E-state index in [0.29, 0.717) is 34.0 Å². The van der Waals surface area contributed by atoms with Crippen molar-refractivity contribution in [3.63, 3.8) is 0 Å². The number of rotatable bonds is 3. The van der Waals surface area contributed by atoms with Crippen LogP contribution in [0.25, 0.3) is 0 Å². The molecule has 206 valence electrons. The van der Waals surface area contributed by atoms with E-state index in [1.165, 1.54) is 51.9 Å². The molecular formula is C32H54O4. The molecule has 5 aliphatic rings. The van der Waals surface area contributed by atoms with Gasteiger partial charge >= 0.3 is 5.97 Å². The Kier molecular flexibility index (Phi) is 6.14. The monoisotopic (exact) mass is 502 g/mol. The highest BCUT2D eigenvalue weighted by atomic mass is 16.6. The van der Waals surface area contributed by atoms with Crippen LogP contribution in [0.1, 0.15) is 127 Å². The van der Waals surface area contributed by atoms with Gasteiger partial charge in [0, 0.05) is 6.92 Å². The van der Waals surface area contributed by atoms with Gasteiger partial charge in [-0.15, -0.1) is 0 Å². The van der Waals surface area contributed by atoms with Gasteiger partial charge in [-0.2, -0.15) is 0 Å². The molecule has 10 unspecified atom stereocenters. The van der Waals surface area contributed by atoms with Crippen LogP contribution in [0.4, 0.5) is 0 Å². The summed E-state index contributed by atoms with van der Waals surface area (Å²) in [6.45, 7) is 20.5. The molecule has 1 heterocycles. The number of aliphatic hydroxyl groups is 1. The van der Waals surface area contributed by atoms with E-state index in [2.05, 4.69) is 41.5 Å². The van der Waals surface area contributed by atoms with Crippen molar-refractivity contribution < 1.29 is 19.4 Å². The maximum atomic E-state index is 11.7. The summed E-state index contributed by atoms with van der Waals surface area (Å²) < 4.78 is 12.6. The molecule has 4 heteroatoms. The van der Waals surface area contributed by atoms with Gasteiger partial charge in [-0.1, -0.05) is 34.6 Å². The van der Waals surface area contributed by atoms with Crippen molar-refractivity contribution in [2.45, 2.75) is 150 Å². The van der Waals surface area contributed by atoms with Crippen LogP contribution >= 0.6 is 0 Å². The molecule has 4 aliphatic carbocycles. The van der Waals surface area contributed by atoms with Gasteiger partial charge < -0.3 is 14.6 Å². The molecule has 5 fully saturated rings. The molecule has 0 bridgehead atoms. The zero-order valence-electron chi connectivity index (χ0n) is 24.7. The van der Waals surface area contributed by atoms with E-state index < -0.39 is 5.60 Å². The predicted molar refractivity (Wildman–Crippen MR) is 143 cm³/mol. The van der Waals surface area contributed by atoms with Crippen LogP contribution in [0.5, 0.6) is 0 Å². The molecular weight excluding hydrogens is 448 g/mol. The third-order valence-corrected chi connectivity index (χ3v) is 13.7. The summed E-state index contributed by atoms with van der Waals surface area (Å²) in [5.74, 6) is 2.40. The van der Waals surface area contributed by atoms with Gasteiger partial charge in [0.25, 0.3) is 0 Å². The zero-order chi connectivity index (χ0) is 26.5. The van der Waals surface area contributed by atoms with E-state index in [0.717, 1.165) is 25.2 Å². The molecule has 0 radical (unpaired) electrons. The van der Waals surface area contributed by atoms with E-state index in [1.54, 1.807) is 0 Å². The highest BCUT2D eigenvalue weighted by molar-refractivity contribution is 5.66. The average molecular weight is 503 g/mol. The normalized spacial score (nSPS) is 52.3. The first-order valence-electron chi connectivity index (χ1n) is 15.1. The van der Waals surface area contributed by atoms with Crippen molar-refractivity contribution in [3.05, 3.63) is 0 Å². The molecule has 1 aliphatic heterocycles. The second kappa shape index (κ2) is 8.20. The van der Waals surface area contributed by atoms with E-state index in [1.807, 2.05) is 13.8 Å². The maximum Gasteiger partial charge on any atom is 0.303 e. The molecule has 1 saturated heterocycles. The van der Waals surface area contributed by atoms with E-state index in [-0.39, 0.29) is 29.2 Å². The lowest BCUT2D eigenvalue weighted by molar-refractivity contribution is -0.227. The third kappa shape index (κ3) is 3.55. The van der Waals surface area contributed by atoms with Gasteiger partial charge in [0.05, 0.1) is 17.8 Å². The number of esters is 1. The van der Waals surface area contributed by atoms with E-state index in [4.69, 9.17) is 9.47 Å². The lowest BCUT2D eigenvalue weighted by atomic mass is 9.35. The molecule has 0 spiro atoms. The number of hydrogen-bond acceptors (Lipinski definition) is 4. The number of carbonyl (C=O) groups is 1. The van der Waals surface area contributed by atoms with Crippen LogP contribution in [-0.4, -0.2) is 34.5 Å². The summed E-state index contributed by atoms with van der Waals surface area (Å²) in [7, 11) is 0. The van der Waals surface area contributed by atoms with Gasteiger partial charge in [0.15, 0.2) is 0 Å². The maximum absolute atomic E-state index is 11.7. The molecule has 5 rings (SSSR count). The van der Waals surface area contributed by atoms with Crippen LogP contribution in [0, 0.1) is 45.3 Å². The Balaban J connectivity index is 1.40. The zero-order valence-corrected chi connectivity index (χ0v) is 24.7. The van der Waals surface area contributed by atoms with Gasteiger partial charge in [0.2, 0.25) is 0 Å². The van der Waals surface area contributed by atoms with Gasteiger partial charge in [-0.25, -0.2) is 0 Å². The Morgan fingerprint density at radius 2 is 1.47 bits per heavy atom. The van der Waals surface area contributed by atoms with Crippen molar-refractivity contribution >= 4 is 5.97 Å². The topological polar surface area (TPSA) is 55.8 Å². The first-order valence-corrected chi connectivity index (χ1v) is 15.1. The van der Waals surface area contributed by atoms with Crippen LogP contribution in [-0.2, 0) is 14.3 Å². The molecule has 0 aromatic rings. The van der Waals surface area contributed by atoms with Gasteiger partial charge in [-0.05, 0) is 130 Å². The Morgan fingerprint density at radius 3 is 2.14 bits per heavy atom. The van der Waals surface area contributed by atoms with E-state index in [9.17, 15) is 9.90 Å². The minimum Gasteiger partial charge on any atom is -0.457 e. The number of fused-ring (bicyclic) bond motifs is 5. The predicted octanol–water partition coefficient (Wildman–Crippen LogP) is 7.31. The van der Waals surface area contributed by atoms with Crippen molar-refractivity contribution in [3.8, 4) is 0 Å². The number of aliphatic hydroxyl groups excluding tert-OH is 1. The molecule has 36 heavy (non-hydrogen) atoms. The van der Waals surface area contributed by atoms with Crippen LogP contribution < -0.4 is 0 Å². The van der Waals surface area contributed by atoms with Crippen molar-refractivity contribution in [2.24, 2.45) is 45.3 Å². The van der Waals surface area contributed by atoms with Crippen LogP contribution in [0.2, 0.25) is 0 Å². The summed E-state index contributed by atoms with van der Waals surface area (Å²) in [5.41, 5.74) is 0.310. The first-order chi connectivity index (χ1) is 16.5. The minimum atomic E-state index is -0.583. The Hall–Kier alpha value is -0.610.